The number of nitrogens with one attached hydrogen (secondary N) is 1. The molecule has 1 fully saturated rings. The molecule has 1 aromatic carbocycles. The molecular formula is C15H23NO. The van der Waals surface area contributed by atoms with Gasteiger partial charge in [0.15, 0.2) is 0 Å². The predicted octanol–water partition coefficient (Wildman–Crippen LogP) is 2.54. The molecule has 0 aliphatic carbocycles. The van der Waals surface area contributed by atoms with Gasteiger partial charge in [-0.15, -0.1) is 0 Å². The molecule has 4 atom stereocenters. The minimum absolute atomic E-state index is 0.194. The molecule has 1 aliphatic heterocycles. The van der Waals surface area contributed by atoms with Gasteiger partial charge in [-0.05, 0) is 30.9 Å². The van der Waals surface area contributed by atoms with Crippen LogP contribution in [0.3, 0.4) is 0 Å². The second-order valence-electron chi connectivity index (χ2n) is 5.38. The van der Waals surface area contributed by atoms with Crippen molar-refractivity contribution in [2.45, 2.75) is 44.8 Å². The summed E-state index contributed by atoms with van der Waals surface area (Å²) < 4.78 is 0. The van der Waals surface area contributed by atoms with Gasteiger partial charge in [0.25, 0.3) is 0 Å². The Balaban J connectivity index is 2.01. The first kappa shape index (κ1) is 12.6. The van der Waals surface area contributed by atoms with Crippen LogP contribution in [0.1, 0.15) is 38.2 Å². The van der Waals surface area contributed by atoms with E-state index in [1.165, 1.54) is 12.0 Å². The molecule has 1 aromatic rings. The zero-order valence-corrected chi connectivity index (χ0v) is 10.8. The van der Waals surface area contributed by atoms with Crippen LogP contribution < -0.4 is 5.32 Å². The van der Waals surface area contributed by atoms with E-state index in [1.807, 2.05) is 18.2 Å². The van der Waals surface area contributed by atoms with Gasteiger partial charge in [-0.2, -0.15) is 0 Å². The monoisotopic (exact) mass is 233 g/mol. The van der Waals surface area contributed by atoms with Crippen LogP contribution >= 0.6 is 0 Å². The maximum absolute atomic E-state index is 10.5. The van der Waals surface area contributed by atoms with Crippen molar-refractivity contribution in [1.82, 2.24) is 5.32 Å². The van der Waals surface area contributed by atoms with E-state index in [9.17, 15) is 5.11 Å². The van der Waals surface area contributed by atoms with Crippen LogP contribution in [0.25, 0.3) is 0 Å². The van der Waals surface area contributed by atoms with Crippen LogP contribution in [0.4, 0.5) is 0 Å². The smallest absolute Gasteiger partial charge is 0.0758 e. The number of aliphatic hydroxyl groups is 1. The fraction of sp³-hybridized carbons (Fsp3) is 0.600. The maximum Gasteiger partial charge on any atom is 0.0758 e. The van der Waals surface area contributed by atoms with E-state index in [0.29, 0.717) is 0 Å². The lowest BCUT2D eigenvalue weighted by atomic mass is 9.84. The third kappa shape index (κ3) is 3.08. The van der Waals surface area contributed by atoms with Gasteiger partial charge in [-0.3, -0.25) is 0 Å². The van der Waals surface area contributed by atoms with Crippen molar-refractivity contribution in [3.8, 4) is 0 Å². The number of rotatable bonds is 3. The number of hydrogen-bond acceptors (Lipinski definition) is 2. The highest BCUT2D eigenvalue weighted by atomic mass is 16.3. The molecule has 2 heteroatoms. The van der Waals surface area contributed by atoms with Gasteiger partial charge < -0.3 is 10.4 Å². The summed E-state index contributed by atoms with van der Waals surface area (Å²) in [6.45, 7) is 5.42. The first-order valence-corrected chi connectivity index (χ1v) is 6.65. The summed E-state index contributed by atoms with van der Waals surface area (Å²) in [4.78, 5) is 0. The third-order valence-electron chi connectivity index (χ3n) is 3.95. The van der Waals surface area contributed by atoms with E-state index in [4.69, 9.17) is 0 Å². The largest absolute Gasteiger partial charge is 0.391 e. The maximum atomic E-state index is 10.5. The summed E-state index contributed by atoms with van der Waals surface area (Å²) in [7, 11) is 0. The molecule has 0 saturated carbocycles. The van der Waals surface area contributed by atoms with Crippen LogP contribution in [0, 0.1) is 5.92 Å². The Kier molecular flexibility index (Phi) is 4.19. The molecule has 94 valence electrons. The first-order chi connectivity index (χ1) is 8.18. The van der Waals surface area contributed by atoms with Gasteiger partial charge in [-0.1, -0.05) is 44.2 Å². The summed E-state index contributed by atoms with van der Waals surface area (Å²) in [6.07, 6.45) is 2.02. The second-order valence-corrected chi connectivity index (χ2v) is 5.38. The molecule has 1 saturated heterocycles. The SMILES string of the molecule is CC1CCNC(C(O)C(C)c2ccccc2)C1. The van der Waals surface area contributed by atoms with Crippen LogP contribution in [-0.4, -0.2) is 23.8 Å². The van der Waals surface area contributed by atoms with E-state index in [0.717, 1.165) is 18.9 Å². The zero-order chi connectivity index (χ0) is 12.3. The van der Waals surface area contributed by atoms with Gasteiger partial charge in [0.05, 0.1) is 6.10 Å². The minimum atomic E-state index is -0.292. The van der Waals surface area contributed by atoms with E-state index in [-0.39, 0.29) is 18.1 Å². The van der Waals surface area contributed by atoms with Crippen LogP contribution in [0.2, 0.25) is 0 Å². The number of piperidine rings is 1. The Morgan fingerprint density at radius 1 is 1.29 bits per heavy atom. The molecule has 0 spiro atoms. The van der Waals surface area contributed by atoms with Crippen molar-refractivity contribution >= 4 is 0 Å². The lowest BCUT2D eigenvalue weighted by Crippen LogP contribution is -2.47. The van der Waals surface area contributed by atoms with Gasteiger partial charge >= 0.3 is 0 Å². The molecule has 0 aromatic heterocycles. The third-order valence-corrected chi connectivity index (χ3v) is 3.95. The minimum Gasteiger partial charge on any atom is -0.391 e. The highest BCUT2D eigenvalue weighted by molar-refractivity contribution is 5.20. The summed E-state index contributed by atoms with van der Waals surface area (Å²) in [5, 5.41) is 13.9. The Morgan fingerprint density at radius 3 is 2.65 bits per heavy atom. The molecule has 1 aliphatic rings. The van der Waals surface area contributed by atoms with Crippen LogP contribution in [0.15, 0.2) is 30.3 Å². The highest BCUT2D eigenvalue weighted by Crippen LogP contribution is 2.26. The number of aliphatic hydroxyl groups excluding tert-OH is 1. The van der Waals surface area contributed by atoms with Crippen molar-refractivity contribution in [3.05, 3.63) is 35.9 Å². The molecular weight excluding hydrogens is 210 g/mol. The van der Waals surface area contributed by atoms with Crippen LogP contribution in [0.5, 0.6) is 0 Å². The van der Waals surface area contributed by atoms with Gasteiger partial charge in [0.2, 0.25) is 0 Å². The van der Waals surface area contributed by atoms with Crippen molar-refractivity contribution in [2.24, 2.45) is 5.92 Å². The quantitative estimate of drug-likeness (QED) is 0.841. The fourth-order valence-electron chi connectivity index (χ4n) is 2.71. The standard InChI is InChI=1S/C15H23NO/c1-11-8-9-16-14(10-11)15(17)12(2)13-6-4-3-5-7-13/h3-7,11-12,14-17H,8-10H2,1-2H3. The number of benzene rings is 1. The lowest BCUT2D eigenvalue weighted by molar-refractivity contribution is 0.0817. The molecule has 2 nitrogen and oxygen atoms in total. The average molecular weight is 233 g/mol. The molecule has 1 heterocycles. The highest BCUT2D eigenvalue weighted by Gasteiger charge is 2.29. The Hall–Kier alpha value is -0.860. The molecule has 2 N–H and O–H groups in total. The van der Waals surface area contributed by atoms with E-state index < -0.39 is 0 Å². The van der Waals surface area contributed by atoms with Crippen molar-refractivity contribution in [2.75, 3.05) is 6.54 Å². The van der Waals surface area contributed by atoms with Crippen molar-refractivity contribution in [1.29, 1.82) is 0 Å². The Bertz CT molecular complexity index is 338. The molecule has 2 rings (SSSR count). The van der Waals surface area contributed by atoms with Gasteiger partial charge in [0, 0.05) is 12.0 Å². The summed E-state index contributed by atoms with van der Waals surface area (Å²) in [6, 6.07) is 10.5. The van der Waals surface area contributed by atoms with Crippen LogP contribution in [-0.2, 0) is 0 Å². The summed E-state index contributed by atoms with van der Waals surface area (Å²) >= 11 is 0. The molecule has 17 heavy (non-hydrogen) atoms. The van der Waals surface area contributed by atoms with E-state index >= 15 is 0 Å². The second kappa shape index (κ2) is 5.65. The summed E-state index contributed by atoms with van der Waals surface area (Å²) in [5.41, 5.74) is 1.22. The van der Waals surface area contributed by atoms with Gasteiger partial charge in [-0.25, -0.2) is 0 Å². The average Bonchev–Trinajstić information content (AvgIpc) is 2.38. The summed E-state index contributed by atoms with van der Waals surface area (Å²) in [5.74, 6) is 0.915. The van der Waals surface area contributed by atoms with E-state index in [2.05, 4.69) is 31.3 Å². The first-order valence-electron chi connectivity index (χ1n) is 6.65. The van der Waals surface area contributed by atoms with Crippen molar-refractivity contribution in [3.63, 3.8) is 0 Å². The lowest BCUT2D eigenvalue weighted by Gasteiger charge is -2.34. The normalized spacial score (nSPS) is 28.6. The fourth-order valence-corrected chi connectivity index (χ4v) is 2.71. The zero-order valence-electron chi connectivity index (χ0n) is 10.8. The van der Waals surface area contributed by atoms with Crippen molar-refractivity contribution < 1.29 is 5.11 Å². The van der Waals surface area contributed by atoms with Gasteiger partial charge in [0.1, 0.15) is 0 Å². The molecule has 0 radical (unpaired) electrons. The Morgan fingerprint density at radius 2 is 2.00 bits per heavy atom. The number of hydrogen-bond donors (Lipinski definition) is 2. The molecule has 4 unspecified atom stereocenters. The topological polar surface area (TPSA) is 32.3 Å². The Labute approximate surface area is 104 Å². The molecule has 0 amide bonds. The molecule has 0 bridgehead atoms. The van der Waals surface area contributed by atoms with E-state index in [1.54, 1.807) is 0 Å². The predicted molar refractivity (Wildman–Crippen MR) is 71.1 cm³/mol.